The lowest BCUT2D eigenvalue weighted by Crippen LogP contribution is -2.34. The minimum Gasteiger partial charge on any atom is -0.465 e. The van der Waals surface area contributed by atoms with Crippen LogP contribution in [0.25, 0.3) is 11.1 Å². The molecule has 0 aliphatic rings. The molecule has 2 N–H and O–H groups in total. The lowest BCUT2D eigenvalue weighted by Gasteiger charge is -2.10. The molecule has 0 unspecified atom stereocenters. The molecule has 100 valence electrons. The van der Waals surface area contributed by atoms with Crippen LogP contribution in [0.15, 0.2) is 41.1 Å². The Bertz CT molecular complexity index is 520. The molecule has 0 bridgehead atoms. The van der Waals surface area contributed by atoms with Gasteiger partial charge in [-0.1, -0.05) is 24.3 Å². The number of carbonyl (C=O) groups is 1. The molecule has 0 saturated carbocycles. The Morgan fingerprint density at radius 2 is 2.00 bits per heavy atom. The number of carbonyl (C=O) groups excluding carboxylic acids is 1. The van der Waals surface area contributed by atoms with Crippen LogP contribution in [0.1, 0.15) is 12.5 Å². The Morgan fingerprint density at radius 1 is 1.26 bits per heavy atom. The molecule has 0 spiro atoms. The largest absolute Gasteiger partial charge is 0.465 e. The molecule has 1 atom stereocenters. The van der Waals surface area contributed by atoms with Crippen molar-refractivity contribution in [2.45, 2.75) is 19.4 Å². The summed E-state index contributed by atoms with van der Waals surface area (Å²) in [4.78, 5) is 11.5. The second-order valence-corrected chi connectivity index (χ2v) is 5.05. The highest BCUT2D eigenvalue weighted by Gasteiger charge is 2.14. The van der Waals surface area contributed by atoms with Gasteiger partial charge < -0.3 is 10.5 Å². The Labute approximate surface area is 117 Å². The highest BCUT2D eigenvalue weighted by Crippen LogP contribution is 2.22. The summed E-state index contributed by atoms with van der Waals surface area (Å²) < 4.78 is 4.90. The maximum Gasteiger partial charge on any atom is 0.323 e. The van der Waals surface area contributed by atoms with Gasteiger partial charge in [0.2, 0.25) is 0 Å². The van der Waals surface area contributed by atoms with Gasteiger partial charge >= 0.3 is 5.97 Å². The highest BCUT2D eigenvalue weighted by atomic mass is 32.1. The average molecular weight is 275 g/mol. The maximum absolute atomic E-state index is 11.5. The van der Waals surface area contributed by atoms with Crippen LogP contribution in [0, 0.1) is 0 Å². The number of esters is 1. The molecule has 1 aromatic heterocycles. The number of hydrogen-bond donors (Lipinski definition) is 1. The summed E-state index contributed by atoms with van der Waals surface area (Å²) in [7, 11) is 0. The summed E-state index contributed by atoms with van der Waals surface area (Å²) in [6.07, 6.45) is 0.503. The highest BCUT2D eigenvalue weighted by molar-refractivity contribution is 7.08. The van der Waals surface area contributed by atoms with E-state index in [0.29, 0.717) is 13.0 Å². The standard InChI is InChI=1S/C15H17NO2S/c1-2-18-15(17)14(16)9-11-3-5-12(6-4-11)13-7-8-19-10-13/h3-8,10,14H,2,9,16H2,1H3/t14-/m0/s1. The van der Waals surface area contributed by atoms with Gasteiger partial charge in [0.1, 0.15) is 6.04 Å². The first-order valence-corrected chi connectivity index (χ1v) is 7.18. The summed E-state index contributed by atoms with van der Waals surface area (Å²) in [5.74, 6) is -0.343. The van der Waals surface area contributed by atoms with Crippen molar-refractivity contribution in [3.63, 3.8) is 0 Å². The number of nitrogens with two attached hydrogens (primary N) is 1. The zero-order chi connectivity index (χ0) is 13.7. The number of thiophene rings is 1. The van der Waals surface area contributed by atoms with E-state index in [1.807, 2.05) is 12.1 Å². The van der Waals surface area contributed by atoms with Gasteiger partial charge in [-0.3, -0.25) is 4.79 Å². The third kappa shape index (κ3) is 3.66. The Hall–Kier alpha value is -1.65. The van der Waals surface area contributed by atoms with Crippen LogP contribution in [-0.2, 0) is 16.0 Å². The van der Waals surface area contributed by atoms with Crippen molar-refractivity contribution in [1.29, 1.82) is 0 Å². The van der Waals surface area contributed by atoms with E-state index in [1.165, 1.54) is 11.1 Å². The topological polar surface area (TPSA) is 52.3 Å². The van der Waals surface area contributed by atoms with Crippen LogP contribution < -0.4 is 5.73 Å². The van der Waals surface area contributed by atoms with E-state index in [-0.39, 0.29) is 5.97 Å². The lowest BCUT2D eigenvalue weighted by molar-refractivity contribution is -0.144. The van der Waals surface area contributed by atoms with Gasteiger partial charge in [-0.15, -0.1) is 0 Å². The van der Waals surface area contributed by atoms with Gasteiger partial charge in [0.05, 0.1) is 6.61 Å². The molecule has 4 heteroatoms. The average Bonchev–Trinajstić information content (AvgIpc) is 2.94. The minimum atomic E-state index is -0.591. The van der Waals surface area contributed by atoms with E-state index < -0.39 is 6.04 Å². The SMILES string of the molecule is CCOC(=O)[C@@H](N)Cc1ccc(-c2ccsc2)cc1. The predicted octanol–water partition coefficient (Wildman–Crippen LogP) is 2.85. The van der Waals surface area contributed by atoms with Crippen molar-refractivity contribution in [3.8, 4) is 11.1 Å². The first-order valence-electron chi connectivity index (χ1n) is 6.24. The Morgan fingerprint density at radius 3 is 2.58 bits per heavy atom. The zero-order valence-electron chi connectivity index (χ0n) is 10.8. The van der Waals surface area contributed by atoms with E-state index in [2.05, 4.69) is 29.0 Å². The number of ether oxygens (including phenoxy) is 1. The number of rotatable bonds is 5. The molecular weight excluding hydrogens is 258 g/mol. The van der Waals surface area contributed by atoms with E-state index >= 15 is 0 Å². The van der Waals surface area contributed by atoms with Gasteiger partial charge in [-0.2, -0.15) is 11.3 Å². The van der Waals surface area contributed by atoms with E-state index in [1.54, 1.807) is 18.3 Å². The number of benzene rings is 1. The van der Waals surface area contributed by atoms with E-state index in [4.69, 9.17) is 10.5 Å². The normalized spacial score (nSPS) is 12.1. The smallest absolute Gasteiger partial charge is 0.323 e. The molecule has 1 aromatic carbocycles. The molecule has 2 rings (SSSR count). The molecule has 0 fully saturated rings. The van der Waals surface area contributed by atoms with Crippen molar-refractivity contribution in [1.82, 2.24) is 0 Å². The Kier molecular flexibility index (Phi) is 4.71. The second-order valence-electron chi connectivity index (χ2n) is 4.27. The first kappa shape index (κ1) is 13.8. The molecule has 0 aliphatic carbocycles. The van der Waals surface area contributed by atoms with Crippen molar-refractivity contribution < 1.29 is 9.53 Å². The maximum atomic E-state index is 11.5. The lowest BCUT2D eigenvalue weighted by atomic mass is 10.0. The van der Waals surface area contributed by atoms with Crippen LogP contribution >= 0.6 is 11.3 Å². The molecule has 3 nitrogen and oxygen atoms in total. The van der Waals surface area contributed by atoms with Gasteiger partial charge in [-0.05, 0) is 46.9 Å². The van der Waals surface area contributed by atoms with Gasteiger partial charge in [0.15, 0.2) is 0 Å². The van der Waals surface area contributed by atoms with Crippen LogP contribution in [0.4, 0.5) is 0 Å². The molecule has 19 heavy (non-hydrogen) atoms. The summed E-state index contributed by atoms with van der Waals surface area (Å²) in [6, 6.07) is 9.61. The van der Waals surface area contributed by atoms with Crippen LogP contribution in [0.5, 0.6) is 0 Å². The van der Waals surface area contributed by atoms with Gasteiger partial charge in [0, 0.05) is 0 Å². The third-order valence-corrected chi connectivity index (χ3v) is 3.54. The van der Waals surface area contributed by atoms with E-state index in [0.717, 1.165) is 5.56 Å². The predicted molar refractivity (Wildman–Crippen MR) is 78.1 cm³/mol. The molecule has 1 heterocycles. The fourth-order valence-electron chi connectivity index (χ4n) is 1.85. The van der Waals surface area contributed by atoms with Crippen molar-refractivity contribution in [3.05, 3.63) is 46.7 Å². The number of hydrogen-bond acceptors (Lipinski definition) is 4. The van der Waals surface area contributed by atoms with Crippen LogP contribution in [0.3, 0.4) is 0 Å². The summed E-state index contributed by atoms with van der Waals surface area (Å²) in [6.45, 7) is 2.14. The fraction of sp³-hybridized carbons (Fsp3) is 0.267. The fourth-order valence-corrected chi connectivity index (χ4v) is 2.51. The van der Waals surface area contributed by atoms with Crippen LogP contribution in [-0.4, -0.2) is 18.6 Å². The summed E-state index contributed by atoms with van der Waals surface area (Å²) in [5.41, 5.74) is 9.23. The molecule has 0 aliphatic heterocycles. The van der Waals surface area contributed by atoms with Gasteiger partial charge in [-0.25, -0.2) is 0 Å². The van der Waals surface area contributed by atoms with Gasteiger partial charge in [0.25, 0.3) is 0 Å². The molecule has 0 radical (unpaired) electrons. The minimum absolute atomic E-state index is 0.343. The Balaban J connectivity index is 2.01. The van der Waals surface area contributed by atoms with Crippen molar-refractivity contribution >= 4 is 17.3 Å². The zero-order valence-corrected chi connectivity index (χ0v) is 11.7. The second kappa shape index (κ2) is 6.50. The first-order chi connectivity index (χ1) is 9.20. The summed E-state index contributed by atoms with van der Waals surface area (Å²) >= 11 is 1.68. The molecule has 0 saturated heterocycles. The third-order valence-electron chi connectivity index (χ3n) is 2.85. The molecule has 2 aromatic rings. The van der Waals surface area contributed by atoms with Crippen LogP contribution in [0.2, 0.25) is 0 Å². The van der Waals surface area contributed by atoms with E-state index in [9.17, 15) is 4.79 Å². The van der Waals surface area contributed by atoms with Crippen molar-refractivity contribution in [2.24, 2.45) is 5.73 Å². The van der Waals surface area contributed by atoms with Crippen molar-refractivity contribution in [2.75, 3.05) is 6.61 Å². The quantitative estimate of drug-likeness (QED) is 0.854. The summed E-state index contributed by atoms with van der Waals surface area (Å²) in [5, 5.41) is 4.17. The molecule has 0 amide bonds. The molecular formula is C15H17NO2S. The monoisotopic (exact) mass is 275 g/mol.